The van der Waals surface area contributed by atoms with Crippen molar-refractivity contribution in [3.8, 4) is 0 Å². The van der Waals surface area contributed by atoms with E-state index in [1.165, 1.54) is 6.42 Å². The smallest absolute Gasteiger partial charge is 0.0693 e. The fourth-order valence-electron chi connectivity index (χ4n) is 1.83. The van der Waals surface area contributed by atoms with E-state index in [4.69, 9.17) is 5.11 Å². The summed E-state index contributed by atoms with van der Waals surface area (Å²) in [6.07, 6.45) is 4.70. The summed E-state index contributed by atoms with van der Waals surface area (Å²) in [5.74, 6) is 0. The molecule has 0 aromatic carbocycles. The van der Waals surface area contributed by atoms with E-state index in [1.54, 1.807) is 6.92 Å². The Bertz CT molecular complexity index is 139. The maximum absolute atomic E-state index is 9.61. The highest BCUT2D eigenvalue weighted by atomic mass is 16.3. The van der Waals surface area contributed by atoms with Crippen LogP contribution in [0.5, 0.6) is 0 Å². The van der Waals surface area contributed by atoms with E-state index in [1.807, 2.05) is 0 Å². The molecule has 0 heterocycles. The van der Waals surface area contributed by atoms with Crippen LogP contribution in [0.3, 0.4) is 0 Å². The first-order valence-electron chi connectivity index (χ1n) is 5.29. The third-order valence-corrected chi connectivity index (χ3v) is 2.70. The highest BCUT2D eigenvalue weighted by Gasteiger charge is 2.21. The Morgan fingerprint density at radius 1 is 1.38 bits per heavy atom. The van der Waals surface area contributed by atoms with Gasteiger partial charge in [-0.15, -0.1) is 0 Å². The van der Waals surface area contributed by atoms with Crippen LogP contribution in [0.1, 0.15) is 39.0 Å². The van der Waals surface area contributed by atoms with Crippen LogP contribution in [0.4, 0.5) is 0 Å². The van der Waals surface area contributed by atoms with Crippen molar-refractivity contribution in [1.82, 2.24) is 5.32 Å². The highest BCUT2D eigenvalue weighted by Crippen LogP contribution is 2.18. The molecular formula is C10H21NO2. The van der Waals surface area contributed by atoms with Crippen LogP contribution in [0.15, 0.2) is 0 Å². The van der Waals surface area contributed by atoms with Gasteiger partial charge in [0.25, 0.3) is 0 Å². The van der Waals surface area contributed by atoms with E-state index in [0.29, 0.717) is 0 Å². The maximum Gasteiger partial charge on any atom is 0.0693 e. The summed E-state index contributed by atoms with van der Waals surface area (Å²) in [5.41, 5.74) is 0. The Balaban J connectivity index is 2.11. The Kier molecular flexibility index (Phi) is 4.70. The Labute approximate surface area is 80.2 Å². The zero-order valence-electron chi connectivity index (χ0n) is 8.37. The SMILES string of the molecule is CC(O)CCN[C@@H]1CCCC[C@H]1O. The van der Waals surface area contributed by atoms with Crippen molar-refractivity contribution in [2.45, 2.75) is 57.3 Å². The zero-order valence-corrected chi connectivity index (χ0v) is 8.37. The quantitative estimate of drug-likeness (QED) is 0.605. The number of hydrogen-bond donors (Lipinski definition) is 3. The maximum atomic E-state index is 9.61. The lowest BCUT2D eigenvalue weighted by Gasteiger charge is -2.28. The highest BCUT2D eigenvalue weighted by molar-refractivity contribution is 4.80. The second kappa shape index (κ2) is 5.58. The molecule has 1 rings (SSSR count). The average Bonchev–Trinajstić information content (AvgIpc) is 2.08. The summed E-state index contributed by atoms with van der Waals surface area (Å²) in [4.78, 5) is 0. The first-order chi connectivity index (χ1) is 6.20. The van der Waals surface area contributed by atoms with Gasteiger partial charge in [-0.2, -0.15) is 0 Å². The van der Waals surface area contributed by atoms with Gasteiger partial charge in [0.1, 0.15) is 0 Å². The van der Waals surface area contributed by atoms with E-state index in [0.717, 1.165) is 32.2 Å². The van der Waals surface area contributed by atoms with E-state index in [9.17, 15) is 5.11 Å². The molecule has 0 aromatic rings. The molecule has 0 radical (unpaired) electrons. The van der Waals surface area contributed by atoms with E-state index in [2.05, 4.69) is 5.32 Å². The minimum absolute atomic E-state index is 0.178. The molecule has 3 nitrogen and oxygen atoms in total. The van der Waals surface area contributed by atoms with Crippen molar-refractivity contribution in [3.05, 3.63) is 0 Å². The molecule has 3 atom stereocenters. The fraction of sp³-hybridized carbons (Fsp3) is 1.00. The van der Waals surface area contributed by atoms with Gasteiger partial charge >= 0.3 is 0 Å². The molecule has 0 aromatic heterocycles. The van der Waals surface area contributed by atoms with Crippen molar-refractivity contribution in [3.63, 3.8) is 0 Å². The first kappa shape index (κ1) is 11.0. The molecule has 0 bridgehead atoms. The Morgan fingerprint density at radius 2 is 2.08 bits per heavy atom. The van der Waals surface area contributed by atoms with Gasteiger partial charge in [-0.05, 0) is 32.7 Å². The van der Waals surface area contributed by atoms with Gasteiger partial charge in [-0.3, -0.25) is 0 Å². The van der Waals surface area contributed by atoms with Crippen LogP contribution in [0, 0.1) is 0 Å². The van der Waals surface area contributed by atoms with Gasteiger partial charge in [0.2, 0.25) is 0 Å². The summed E-state index contributed by atoms with van der Waals surface area (Å²) in [6.45, 7) is 2.60. The third kappa shape index (κ3) is 4.07. The molecule has 1 saturated carbocycles. The van der Waals surface area contributed by atoms with Crippen LogP contribution >= 0.6 is 0 Å². The topological polar surface area (TPSA) is 52.5 Å². The molecule has 0 aliphatic heterocycles. The van der Waals surface area contributed by atoms with Crippen LogP contribution < -0.4 is 5.32 Å². The van der Waals surface area contributed by atoms with Crippen molar-refractivity contribution < 1.29 is 10.2 Å². The standard InChI is InChI=1S/C10H21NO2/c1-8(12)6-7-11-9-4-2-3-5-10(9)13/h8-13H,2-7H2,1H3/t8?,9-,10-/m1/s1. The minimum Gasteiger partial charge on any atom is -0.393 e. The summed E-state index contributed by atoms with van der Waals surface area (Å²) < 4.78 is 0. The number of aliphatic hydroxyl groups is 2. The predicted octanol–water partition coefficient (Wildman–Crippen LogP) is 0.650. The van der Waals surface area contributed by atoms with Crippen molar-refractivity contribution in [2.75, 3.05) is 6.54 Å². The Morgan fingerprint density at radius 3 is 2.69 bits per heavy atom. The normalized spacial score (nSPS) is 31.6. The molecule has 1 aliphatic carbocycles. The van der Waals surface area contributed by atoms with Crippen molar-refractivity contribution in [1.29, 1.82) is 0 Å². The van der Waals surface area contributed by atoms with Crippen LogP contribution in [0.2, 0.25) is 0 Å². The largest absolute Gasteiger partial charge is 0.393 e. The lowest BCUT2D eigenvalue weighted by atomic mass is 9.92. The van der Waals surface area contributed by atoms with Gasteiger partial charge in [0.05, 0.1) is 12.2 Å². The summed E-state index contributed by atoms with van der Waals surface area (Å²) in [7, 11) is 0. The van der Waals surface area contributed by atoms with Gasteiger partial charge in [0, 0.05) is 6.04 Å². The average molecular weight is 187 g/mol. The molecule has 0 spiro atoms. The van der Waals surface area contributed by atoms with Crippen LogP contribution in [-0.4, -0.2) is 35.0 Å². The van der Waals surface area contributed by atoms with Gasteiger partial charge < -0.3 is 15.5 Å². The second-order valence-corrected chi connectivity index (χ2v) is 4.05. The summed E-state index contributed by atoms with van der Waals surface area (Å²) in [5, 5.41) is 21.9. The second-order valence-electron chi connectivity index (χ2n) is 4.05. The van der Waals surface area contributed by atoms with E-state index < -0.39 is 0 Å². The lowest BCUT2D eigenvalue weighted by molar-refractivity contribution is 0.0879. The molecule has 0 saturated heterocycles. The molecular weight excluding hydrogens is 166 g/mol. The fourth-order valence-corrected chi connectivity index (χ4v) is 1.83. The number of hydrogen-bond acceptors (Lipinski definition) is 3. The first-order valence-corrected chi connectivity index (χ1v) is 5.29. The number of aliphatic hydroxyl groups excluding tert-OH is 2. The molecule has 1 unspecified atom stereocenters. The molecule has 13 heavy (non-hydrogen) atoms. The predicted molar refractivity (Wildman–Crippen MR) is 52.6 cm³/mol. The molecule has 3 N–H and O–H groups in total. The summed E-state index contributed by atoms with van der Waals surface area (Å²) >= 11 is 0. The third-order valence-electron chi connectivity index (χ3n) is 2.70. The monoisotopic (exact) mass is 187 g/mol. The van der Waals surface area contributed by atoms with Crippen molar-refractivity contribution in [2.24, 2.45) is 0 Å². The molecule has 1 aliphatic rings. The van der Waals surface area contributed by atoms with Crippen LogP contribution in [-0.2, 0) is 0 Å². The molecule has 0 amide bonds. The van der Waals surface area contributed by atoms with E-state index in [-0.39, 0.29) is 18.2 Å². The van der Waals surface area contributed by atoms with Crippen molar-refractivity contribution >= 4 is 0 Å². The van der Waals surface area contributed by atoms with Gasteiger partial charge in [0.15, 0.2) is 0 Å². The van der Waals surface area contributed by atoms with Gasteiger partial charge in [-0.25, -0.2) is 0 Å². The minimum atomic E-state index is -0.242. The zero-order chi connectivity index (χ0) is 9.68. The number of rotatable bonds is 4. The summed E-state index contributed by atoms with van der Waals surface area (Å²) in [6, 6.07) is 0.257. The molecule has 78 valence electrons. The van der Waals surface area contributed by atoms with Gasteiger partial charge in [-0.1, -0.05) is 12.8 Å². The molecule has 3 heteroatoms. The molecule has 1 fully saturated rings. The number of nitrogens with one attached hydrogen (secondary N) is 1. The lowest BCUT2D eigenvalue weighted by Crippen LogP contribution is -2.42. The van der Waals surface area contributed by atoms with Crippen LogP contribution in [0.25, 0.3) is 0 Å². The Hall–Kier alpha value is -0.120. The van der Waals surface area contributed by atoms with E-state index >= 15 is 0 Å².